The van der Waals surface area contributed by atoms with E-state index in [9.17, 15) is 41.7 Å². The van der Waals surface area contributed by atoms with Crippen molar-refractivity contribution in [1.82, 2.24) is 25.3 Å². The Balaban J connectivity index is 2.21. The molecule has 1 aromatic rings. The minimum Gasteiger partial charge on any atom is -0.459 e. The fraction of sp³-hybridized carbons (Fsp3) is 0.707. The number of amides is 2. The predicted molar refractivity (Wildman–Crippen MR) is 222 cm³/mol. The van der Waals surface area contributed by atoms with Crippen LogP contribution in [-0.4, -0.2) is 157 Å². The van der Waals surface area contributed by atoms with E-state index in [2.05, 4.69) is 10.6 Å². The Labute approximate surface area is 355 Å². The third kappa shape index (κ3) is 23.6. The number of benzene rings is 1. The zero-order valence-electron chi connectivity index (χ0n) is 36.7. The standard InChI is InChI=1S/C41H67N5O13S/c1-39(2,3)57-35(49)26-44-20-21-45(27-36(50)58-40(4,5)6)23-25-46(24-22-44)32(37(51)59-41(7,8)9)17-18-34(48)43-31(29-60(53,54)55)33(47)16-13-19-42-38(52)56-28-30-14-11-10-12-15-30/h10-12,14-15,31-32H,13,16-29H2,1-9H3,(H,42,52)(H,43,48)(H,53,54,55)/t31-,32+/m0/s1. The molecule has 1 heterocycles. The molecule has 1 saturated heterocycles. The molecule has 0 saturated carbocycles. The lowest BCUT2D eigenvalue weighted by Gasteiger charge is -2.34. The average Bonchev–Trinajstić information content (AvgIpc) is 3.17. The molecule has 19 heteroatoms. The van der Waals surface area contributed by atoms with Gasteiger partial charge in [-0.25, -0.2) is 4.79 Å². The lowest BCUT2D eigenvalue weighted by Crippen LogP contribution is -2.50. The smallest absolute Gasteiger partial charge is 0.407 e. The van der Waals surface area contributed by atoms with Crippen molar-refractivity contribution in [3.8, 4) is 0 Å². The number of ether oxygens (including phenoxy) is 4. The molecule has 0 aromatic heterocycles. The average molecular weight is 870 g/mol. The van der Waals surface area contributed by atoms with E-state index in [0.717, 1.165) is 5.56 Å². The normalized spacial score (nSPS) is 16.2. The van der Waals surface area contributed by atoms with Crippen molar-refractivity contribution in [3.63, 3.8) is 0 Å². The molecule has 60 heavy (non-hydrogen) atoms. The second-order valence-corrected chi connectivity index (χ2v) is 19.3. The molecule has 1 aromatic carbocycles. The van der Waals surface area contributed by atoms with Gasteiger partial charge in [0.15, 0.2) is 5.78 Å². The number of Topliss-reactive ketones (excluding diaryl/α,β-unsaturated/α-hetero) is 1. The van der Waals surface area contributed by atoms with Crippen LogP contribution in [0.2, 0.25) is 0 Å². The van der Waals surface area contributed by atoms with Gasteiger partial charge in [-0.2, -0.15) is 8.42 Å². The Bertz CT molecular complexity index is 1650. The Hall–Kier alpha value is -4.17. The van der Waals surface area contributed by atoms with E-state index in [4.69, 9.17) is 18.9 Å². The second kappa shape index (κ2) is 23.7. The van der Waals surface area contributed by atoms with Gasteiger partial charge in [-0.1, -0.05) is 30.3 Å². The van der Waals surface area contributed by atoms with E-state index in [-0.39, 0.29) is 65.0 Å². The molecule has 2 atom stereocenters. The van der Waals surface area contributed by atoms with Crippen molar-refractivity contribution < 1.29 is 60.7 Å². The van der Waals surface area contributed by atoms with E-state index >= 15 is 0 Å². The third-order valence-electron chi connectivity index (χ3n) is 8.63. The highest BCUT2D eigenvalue weighted by Gasteiger charge is 2.34. The van der Waals surface area contributed by atoms with Gasteiger partial charge in [0.05, 0.1) is 13.1 Å². The lowest BCUT2D eigenvalue weighted by atomic mass is 10.1. The molecule has 340 valence electrons. The molecular formula is C41H67N5O13S. The number of nitrogens with zero attached hydrogens (tertiary/aromatic N) is 3. The summed E-state index contributed by atoms with van der Waals surface area (Å²) in [5.41, 5.74) is -1.54. The molecule has 0 aliphatic carbocycles. The van der Waals surface area contributed by atoms with Crippen LogP contribution in [0.25, 0.3) is 0 Å². The van der Waals surface area contributed by atoms with Crippen molar-refractivity contribution in [2.75, 3.05) is 64.7 Å². The topological polar surface area (TPSA) is 227 Å². The summed E-state index contributed by atoms with van der Waals surface area (Å²) in [6.07, 6.45) is -1.32. The maximum Gasteiger partial charge on any atom is 0.407 e. The van der Waals surface area contributed by atoms with E-state index in [1.807, 2.05) is 20.8 Å². The van der Waals surface area contributed by atoms with E-state index in [1.165, 1.54) is 0 Å². The molecule has 1 aliphatic heterocycles. The summed E-state index contributed by atoms with van der Waals surface area (Å²) in [6, 6.07) is 6.39. The minimum absolute atomic E-state index is 0.0176. The first-order valence-electron chi connectivity index (χ1n) is 20.2. The highest BCUT2D eigenvalue weighted by Crippen LogP contribution is 2.18. The number of carbonyl (C=O) groups excluding carboxylic acids is 6. The summed E-state index contributed by atoms with van der Waals surface area (Å²) in [7, 11) is -4.72. The molecule has 1 aliphatic rings. The first-order valence-corrected chi connectivity index (χ1v) is 21.9. The number of rotatable bonds is 19. The number of ketones is 1. The molecule has 0 bridgehead atoms. The molecule has 2 amide bonds. The highest BCUT2D eigenvalue weighted by molar-refractivity contribution is 7.85. The molecule has 0 spiro atoms. The SMILES string of the molecule is CC(C)(C)OC(=O)CN1CCN(CC(=O)OC(C)(C)C)CCN([C@H](CCC(=O)N[C@@H](CS(=O)(=O)O)C(=O)CCCNC(=O)OCc2ccccc2)C(=O)OC(C)(C)C)CC1. The van der Waals surface area contributed by atoms with Gasteiger partial charge in [0.25, 0.3) is 10.1 Å². The van der Waals surface area contributed by atoms with Gasteiger partial charge in [-0.3, -0.25) is 43.2 Å². The number of esters is 3. The zero-order chi connectivity index (χ0) is 45.3. The van der Waals surface area contributed by atoms with E-state index in [0.29, 0.717) is 26.2 Å². The Morgan fingerprint density at radius 1 is 0.733 bits per heavy atom. The van der Waals surface area contributed by atoms with Gasteiger partial charge < -0.3 is 29.6 Å². The van der Waals surface area contributed by atoms with Gasteiger partial charge in [0.1, 0.15) is 41.2 Å². The predicted octanol–water partition coefficient (Wildman–Crippen LogP) is 2.73. The van der Waals surface area contributed by atoms with Crippen molar-refractivity contribution in [2.45, 2.75) is 123 Å². The van der Waals surface area contributed by atoms with E-state index in [1.54, 1.807) is 86.6 Å². The molecule has 3 N–H and O–H groups in total. The summed E-state index contributed by atoms with van der Waals surface area (Å²) >= 11 is 0. The second-order valence-electron chi connectivity index (χ2n) is 17.8. The van der Waals surface area contributed by atoms with Crippen LogP contribution in [0.3, 0.4) is 0 Å². The lowest BCUT2D eigenvalue weighted by molar-refractivity contribution is -0.163. The van der Waals surface area contributed by atoms with Crippen LogP contribution in [0.1, 0.15) is 93.6 Å². The van der Waals surface area contributed by atoms with Crippen LogP contribution >= 0.6 is 0 Å². The van der Waals surface area contributed by atoms with Gasteiger partial charge in [-0.15, -0.1) is 0 Å². The summed E-state index contributed by atoms with van der Waals surface area (Å²) in [5.74, 6) is -4.05. The molecule has 18 nitrogen and oxygen atoms in total. The van der Waals surface area contributed by atoms with Crippen molar-refractivity contribution in [2.24, 2.45) is 0 Å². The number of carbonyl (C=O) groups is 6. The van der Waals surface area contributed by atoms with E-state index < -0.39 is 80.4 Å². The number of hydrogen-bond donors (Lipinski definition) is 3. The monoisotopic (exact) mass is 869 g/mol. The van der Waals surface area contributed by atoms with Crippen LogP contribution in [0, 0.1) is 0 Å². The quantitative estimate of drug-likeness (QED) is 0.0786. The number of hydrogen-bond acceptors (Lipinski definition) is 15. The maximum absolute atomic E-state index is 13.8. The van der Waals surface area contributed by atoms with Gasteiger partial charge >= 0.3 is 24.0 Å². The Morgan fingerprint density at radius 3 is 1.72 bits per heavy atom. The number of alkyl carbamates (subject to hydrolysis) is 1. The Morgan fingerprint density at radius 2 is 1.23 bits per heavy atom. The molecule has 0 radical (unpaired) electrons. The van der Waals surface area contributed by atoms with Crippen LogP contribution < -0.4 is 10.6 Å². The fourth-order valence-corrected chi connectivity index (χ4v) is 6.77. The van der Waals surface area contributed by atoms with Crippen molar-refractivity contribution >= 4 is 45.8 Å². The van der Waals surface area contributed by atoms with Crippen LogP contribution in [0.4, 0.5) is 4.79 Å². The highest BCUT2D eigenvalue weighted by atomic mass is 32.2. The summed E-state index contributed by atoms with van der Waals surface area (Å²) < 4.78 is 55.4. The summed E-state index contributed by atoms with van der Waals surface area (Å²) in [4.78, 5) is 83.8. The van der Waals surface area contributed by atoms with Crippen LogP contribution in [0.5, 0.6) is 0 Å². The first kappa shape index (κ1) is 52.0. The molecular weight excluding hydrogens is 803 g/mol. The molecule has 0 unspecified atom stereocenters. The Kier molecular flexibility index (Phi) is 20.6. The maximum atomic E-state index is 13.8. The third-order valence-corrected chi connectivity index (χ3v) is 9.39. The van der Waals surface area contributed by atoms with Gasteiger partial charge in [0, 0.05) is 58.7 Å². The van der Waals surface area contributed by atoms with Crippen molar-refractivity contribution in [3.05, 3.63) is 35.9 Å². The fourth-order valence-electron chi connectivity index (χ4n) is 6.08. The van der Waals surface area contributed by atoms with Crippen LogP contribution in [-0.2, 0) is 59.6 Å². The molecule has 1 fully saturated rings. The van der Waals surface area contributed by atoms with Gasteiger partial charge in [-0.05, 0) is 80.7 Å². The summed E-state index contributed by atoms with van der Waals surface area (Å²) in [5, 5.41) is 4.92. The minimum atomic E-state index is -4.72. The first-order chi connectivity index (χ1) is 27.7. The largest absolute Gasteiger partial charge is 0.459 e. The number of nitrogens with one attached hydrogen (secondary N) is 2. The summed E-state index contributed by atoms with van der Waals surface area (Å²) in [6.45, 7) is 17.6. The van der Waals surface area contributed by atoms with Crippen molar-refractivity contribution in [1.29, 1.82) is 0 Å². The molecule has 2 rings (SSSR count). The zero-order valence-corrected chi connectivity index (χ0v) is 37.6. The van der Waals surface area contributed by atoms with Gasteiger partial charge in [0.2, 0.25) is 5.91 Å². The van der Waals surface area contributed by atoms with Crippen LogP contribution in [0.15, 0.2) is 30.3 Å².